The summed E-state index contributed by atoms with van der Waals surface area (Å²) in [5.41, 5.74) is 4.16. The SMILES string of the molecule is CCN(Cc1ccccc1)c1ccc(C(=O)N2CCc3ccccc3C2)nn1. The molecule has 1 amide bonds. The molecule has 0 bridgehead atoms. The Labute approximate surface area is 165 Å². The molecule has 0 atom stereocenters. The van der Waals surface area contributed by atoms with Gasteiger partial charge in [-0.1, -0.05) is 54.6 Å². The molecule has 0 fully saturated rings. The first-order chi connectivity index (χ1) is 13.7. The van der Waals surface area contributed by atoms with Crippen molar-refractivity contribution in [1.82, 2.24) is 15.1 Å². The van der Waals surface area contributed by atoms with Gasteiger partial charge in [0.1, 0.15) is 0 Å². The van der Waals surface area contributed by atoms with Gasteiger partial charge in [-0.15, -0.1) is 10.2 Å². The maximum absolute atomic E-state index is 12.9. The molecule has 28 heavy (non-hydrogen) atoms. The second-order valence-corrected chi connectivity index (χ2v) is 7.02. The largest absolute Gasteiger partial charge is 0.351 e. The molecule has 142 valence electrons. The molecule has 0 aliphatic carbocycles. The molecule has 0 saturated heterocycles. The van der Waals surface area contributed by atoms with Crippen LogP contribution < -0.4 is 4.90 Å². The van der Waals surface area contributed by atoms with Crippen LogP contribution in [0.3, 0.4) is 0 Å². The predicted octanol–water partition coefficient (Wildman–Crippen LogP) is 3.70. The standard InChI is InChI=1S/C23H24N4O/c1-2-26(16-18-8-4-3-5-9-18)22-13-12-21(24-25-22)23(28)27-15-14-19-10-6-7-11-20(19)17-27/h3-13H,2,14-17H2,1H3. The van der Waals surface area contributed by atoms with Gasteiger partial charge in [-0.05, 0) is 42.2 Å². The molecule has 1 aliphatic rings. The number of hydrogen-bond donors (Lipinski definition) is 0. The van der Waals surface area contributed by atoms with Gasteiger partial charge in [-0.3, -0.25) is 4.79 Å². The molecule has 4 rings (SSSR count). The zero-order chi connectivity index (χ0) is 19.3. The maximum Gasteiger partial charge on any atom is 0.274 e. The summed E-state index contributed by atoms with van der Waals surface area (Å²) in [7, 11) is 0. The summed E-state index contributed by atoms with van der Waals surface area (Å²) in [4.78, 5) is 16.9. The number of anilines is 1. The van der Waals surface area contributed by atoms with Crippen LogP contribution in [0.15, 0.2) is 66.7 Å². The monoisotopic (exact) mass is 372 g/mol. The van der Waals surface area contributed by atoms with Gasteiger partial charge in [-0.2, -0.15) is 0 Å². The lowest BCUT2D eigenvalue weighted by Crippen LogP contribution is -2.36. The third-order valence-corrected chi connectivity index (χ3v) is 5.21. The number of rotatable bonds is 5. The van der Waals surface area contributed by atoms with Crippen LogP contribution in [0.1, 0.15) is 34.1 Å². The summed E-state index contributed by atoms with van der Waals surface area (Å²) in [6.07, 6.45) is 0.883. The lowest BCUT2D eigenvalue weighted by molar-refractivity contribution is 0.0727. The molecular formula is C23H24N4O. The molecule has 2 heterocycles. The Morgan fingerprint density at radius 2 is 1.71 bits per heavy atom. The Hall–Kier alpha value is -3.21. The van der Waals surface area contributed by atoms with Crippen molar-refractivity contribution in [2.24, 2.45) is 0 Å². The first kappa shape index (κ1) is 18.2. The van der Waals surface area contributed by atoms with Crippen molar-refractivity contribution in [1.29, 1.82) is 0 Å². The first-order valence-corrected chi connectivity index (χ1v) is 9.73. The molecule has 0 saturated carbocycles. The van der Waals surface area contributed by atoms with Gasteiger partial charge in [0.2, 0.25) is 0 Å². The summed E-state index contributed by atoms with van der Waals surface area (Å²) in [5.74, 6) is 0.728. The third-order valence-electron chi connectivity index (χ3n) is 5.21. The molecule has 2 aromatic carbocycles. The topological polar surface area (TPSA) is 49.3 Å². The third kappa shape index (κ3) is 3.88. The van der Waals surface area contributed by atoms with E-state index in [2.05, 4.69) is 52.4 Å². The number of fused-ring (bicyclic) bond motifs is 1. The minimum Gasteiger partial charge on any atom is -0.351 e. The van der Waals surface area contributed by atoms with Crippen LogP contribution in [0.4, 0.5) is 5.82 Å². The van der Waals surface area contributed by atoms with E-state index in [-0.39, 0.29) is 5.91 Å². The quantitative estimate of drug-likeness (QED) is 0.685. The number of aromatic nitrogens is 2. The molecule has 3 aromatic rings. The molecule has 0 unspecified atom stereocenters. The van der Waals surface area contributed by atoms with Crippen molar-refractivity contribution < 1.29 is 4.79 Å². The van der Waals surface area contributed by atoms with Crippen molar-refractivity contribution in [3.8, 4) is 0 Å². The zero-order valence-electron chi connectivity index (χ0n) is 16.1. The molecule has 0 N–H and O–H groups in total. The second kappa shape index (κ2) is 8.21. The van der Waals surface area contributed by atoms with Crippen molar-refractivity contribution in [2.75, 3.05) is 18.0 Å². The van der Waals surface area contributed by atoms with Gasteiger partial charge in [0, 0.05) is 26.2 Å². The van der Waals surface area contributed by atoms with E-state index < -0.39 is 0 Å². The van der Waals surface area contributed by atoms with Gasteiger partial charge < -0.3 is 9.80 Å². The number of carbonyl (C=O) groups excluding carboxylic acids is 1. The molecule has 1 aliphatic heterocycles. The summed E-state index contributed by atoms with van der Waals surface area (Å²) in [6.45, 7) is 5.03. The highest BCUT2D eigenvalue weighted by molar-refractivity contribution is 5.92. The second-order valence-electron chi connectivity index (χ2n) is 7.02. The van der Waals surface area contributed by atoms with Crippen molar-refractivity contribution >= 4 is 11.7 Å². The van der Waals surface area contributed by atoms with Gasteiger partial charge in [-0.25, -0.2) is 0 Å². The molecule has 5 heteroatoms. The van der Waals surface area contributed by atoms with Crippen LogP contribution >= 0.6 is 0 Å². The van der Waals surface area contributed by atoms with Gasteiger partial charge >= 0.3 is 0 Å². The van der Waals surface area contributed by atoms with Gasteiger partial charge in [0.05, 0.1) is 0 Å². The average molecular weight is 372 g/mol. The highest BCUT2D eigenvalue weighted by Gasteiger charge is 2.23. The fraction of sp³-hybridized carbons (Fsp3) is 0.261. The number of hydrogen-bond acceptors (Lipinski definition) is 4. The fourth-order valence-corrected chi connectivity index (χ4v) is 3.60. The van der Waals surface area contributed by atoms with Crippen LogP contribution in [0.2, 0.25) is 0 Å². The van der Waals surface area contributed by atoms with Crippen LogP contribution in [0.5, 0.6) is 0 Å². The van der Waals surface area contributed by atoms with Crippen LogP contribution in [0, 0.1) is 0 Å². The Balaban J connectivity index is 1.46. The van der Waals surface area contributed by atoms with Gasteiger partial charge in [0.15, 0.2) is 11.5 Å². The van der Waals surface area contributed by atoms with Crippen molar-refractivity contribution in [3.05, 3.63) is 89.1 Å². The van der Waals surface area contributed by atoms with Crippen LogP contribution in [0.25, 0.3) is 0 Å². The van der Waals surface area contributed by atoms with Crippen molar-refractivity contribution in [3.63, 3.8) is 0 Å². The molecule has 0 spiro atoms. The van der Waals surface area contributed by atoms with Gasteiger partial charge in [0.25, 0.3) is 5.91 Å². The fourth-order valence-electron chi connectivity index (χ4n) is 3.60. The Kier molecular flexibility index (Phi) is 5.33. The van der Waals surface area contributed by atoms with E-state index in [9.17, 15) is 4.79 Å². The van der Waals surface area contributed by atoms with E-state index in [1.807, 2.05) is 35.2 Å². The number of benzene rings is 2. The smallest absolute Gasteiger partial charge is 0.274 e. The molecular weight excluding hydrogens is 348 g/mol. The van der Waals surface area contributed by atoms with E-state index >= 15 is 0 Å². The van der Waals surface area contributed by atoms with Crippen molar-refractivity contribution in [2.45, 2.75) is 26.4 Å². The van der Waals surface area contributed by atoms with E-state index in [1.54, 1.807) is 6.07 Å². The average Bonchev–Trinajstić information content (AvgIpc) is 2.77. The number of amides is 1. The minimum absolute atomic E-state index is 0.0559. The molecule has 5 nitrogen and oxygen atoms in total. The summed E-state index contributed by atoms with van der Waals surface area (Å²) < 4.78 is 0. The van der Waals surface area contributed by atoms with E-state index in [0.717, 1.165) is 25.3 Å². The van der Waals surface area contributed by atoms with Crippen LogP contribution in [-0.4, -0.2) is 34.1 Å². The predicted molar refractivity (Wildman–Crippen MR) is 110 cm³/mol. The van der Waals surface area contributed by atoms with E-state index in [1.165, 1.54) is 16.7 Å². The Bertz CT molecular complexity index is 940. The Morgan fingerprint density at radius 1 is 0.964 bits per heavy atom. The lowest BCUT2D eigenvalue weighted by atomic mass is 10.00. The first-order valence-electron chi connectivity index (χ1n) is 9.73. The normalized spacial score (nSPS) is 13.1. The number of nitrogens with zero attached hydrogens (tertiary/aromatic N) is 4. The molecule has 1 aromatic heterocycles. The van der Waals surface area contributed by atoms with Crippen LogP contribution in [-0.2, 0) is 19.5 Å². The maximum atomic E-state index is 12.9. The summed E-state index contributed by atoms with van der Waals surface area (Å²) in [5, 5.41) is 8.57. The molecule has 0 radical (unpaired) electrons. The minimum atomic E-state index is -0.0559. The lowest BCUT2D eigenvalue weighted by Gasteiger charge is -2.28. The summed E-state index contributed by atoms with van der Waals surface area (Å²) >= 11 is 0. The highest BCUT2D eigenvalue weighted by Crippen LogP contribution is 2.20. The highest BCUT2D eigenvalue weighted by atomic mass is 16.2. The Morgan fingerprint density at radius 3 is 2.43 bits per heavy atom. The summed E-state index contributed by atoms with van der Waals surface area (Å²) in [6, 6.07) is 22.3. The number of carbonyl (C=O) groups is 1. The zero-order valence-corrected chi connectivity index (χ0v) is 16.1. The van der Waals surface area contributed by atoms with E-state index in [0.29, 0.717) is 18.8 Å². The van der Waals surface area contributed by atoms with E-state index in [4.69, 9.17) is 0 Å².